The minimum Gasteiger partial charge on any atom is -0.435 e. The summed E-state index contributed by atoms with van der Waals surface area (Å²) in [6.45, 7) is 3.04. The van der Waals surface area contributed by atoms with E-state index < -0.39 is 0 Å². The highest BCUT2D eigenvalue weighted by atomic mass is 16.3. The van der Waals surface area contributed by atoms with Gasteiger partial charge in [-0.15, -0.1) is 0 Å². The molecule has 1 amide bonds. The number of hydrogen-bond donors (Lipinski definition) is 1. The van der Waals surface area contributed by atoms with Crippen LogP contribution in [-0.4, -0.2) is 47.0 Å². The number of amides is 1. The lowest BCUT2D eigenvalue weighted by Gasteiger charge is -2.27. The van der Waals surface area contributed by atoms with E-state index in [0.29, 0.717) is 36.0 Å². The first-order valence-corrected chi connectivity index (χ1v) is 7.64. The van der Waals surface area contributed by atoms with Gasteiger partial charge in [0.05, 0.1) is 0 Å². The molecule has 1 saturated heterocycles. The molecule has 3 heterocycles. The maximum Gasteiger partial charge on any atom is 0.272 e. The molecule has 2 aromatic heterocycles. The minimum atomic E-state index is -0.0514. The van der Waals surface area contributed by atoms with Crippen molar-refractivity contribution >= 4 is 17.0 Å². The molecule has 0 atom stereocenters. The van der Waals surface area contributed by atoms with E-state index in [1.807, 2.05) is 35.2 Å². The van der Waals surface area contributed by atoms with Gasteiger partial charge in [-0.05, 0) is 24.3 Å². The van der Waals surface area contributed by atoms with Crippen LogP contribution in [-0.2, 0) is 0 Å². The summed E-state index contributed by atoms with van der Waals surface area (Å²) in [7, 11) is 0. The lowest BCUT2D eigenvalue weighted by Crippen LogP contribution is -2.46. The Kier molecular flexibility index (Phi) is 3.51. The Morgan fingerprint density at radius 2 is 1.87 bits per heavy atom. The van der Waals surface area contributed by atoms with E-state index in [-0.39, 0.29) is 5.91 Å². The van der Waals surface area contributed by atoms with Gasteiger partial charge in [0.25, 0.3) is 5.91 Å². The van der Waals surface area contributed by atoms with Gasteiger partial charge in [-0.1, -0.05) is 18.2 Å². The molecule has 1 fully saturated rings. The monoisotopic (exact) mass is 308 g/mol. The van der Waals surface area contributed by atoms with Gasteiger partial charge in [0, 0.05) is 26.2 Å². The number of fused-ring (bicyclic) bond motifs is 1. The fourth-order valence-corrected chi connectivity index (χ4v) is 2.68. The summed E-state index contributed by atoms with van der Waals surface area (Å²) < 4.78 is 5.73. The molecule has 0 spiro atoms. The summed E-state index contributed by atoms with van der Waals surface area (Å²) >= 11 is 0. The number of benzene rings is 1. The summed E-state index contributed by atoms with van der Waals surface area (Å²) in [4.78, 5) is 23.2. The number of piperazine rings is 1. The summed E-state index contributed by atoms with van der Waals surface area (Å²) in [6.07, 6.45) is 0. The minimum absolute atomic E-state index is 0.0514. The van der Waals surface area contributed by atoms with Crippen molar-refractivity contribution in [1.82, 2.24) is 20.2 Å². The van der Waals surface area contributed by atoms with Crippen LogP contribution in [0.15, 0.2) is 46.9 Å². The summed E-state index contributed by atoms with van der Waals surface area (Å²) in [5.74, 6) is 0.380. The summed E-state index contributed by atoms with van der Waals surface area (Å²) in [6, 6.07) is 12.9. The second kappa shape index (κ2) is 5.81. The normalized spacial score (nSPS) is 15.0. The predicted molar refractivity (Wildman–Crippen MR) is 86.0 cm³/mol. The van der Waals surface area contributed by atoms with Crippen molar-refractivity contribution in [3.8, 4) is 11.6 Å². The van der Waals surface area contributed by atoms with E-state index in [4.69, 9.17) is 4.42 Å². The van der Waals surface area contributed by atoms with Crippen molar-refractivity contribution in [2.24, 2.45) is 0 Å². The number of carbonyl (C=O) groups is 1. The first kappa shape index (κ1) is 13.9. The number of para-hydroxylation sites is 2. The van der Waals surface area contributed by atoms with Crippen molar-refractivity contribution in [1.29, 1.82) is 0 Å². The Labute approximate surface area is 133 Å². The van der Waals surface area contributed by atoms with Gasteiger partial charge in [0.2, 0.25) is 5.89 Å². The lowest BCUT2D eigenvalue weighted by atomic mass is 10.2. The Morgan fingerprint density at radius 1 is 1.04 bits per heavy atom. The van der Waals surface area contributed by atoms with Crippen LogP contribution < -0.4 is 5.32 Å². The molecule has 1 aromatic carbocycles. The first-order valence-electron chi connectivity index (χ1n) is 7.64. The molecule has 3 aromatic rings. The molecule has 116 valence electrons. The fourth-order valence-electron chi connectivity index (χ4n) is 2.68. The van der Waals surface area contributed by atoms with Gasteiger partial charge in [-0.3, -0.25) is 4.79 Å². The number of oxazole rings is 1. The molecule has 4 rings (SSSR count). The van der Waals surface area contributed by atoms with Crippen LogP contribution in [0.25, 0.3) is 22.7 Å². The van der Waals surface area contributed by atoms with Gasteiger partial charge >= 0.3 is 0 Å². The van der Waals surface area contributed by atoms with Gasteiger partial charge in [-0.2, -0.15) is 0 Å². The first-order chi connectivity index (χ1) is 11.3. The van der Waals surface area contributed by atoms with Crippen LogP contribution in [0.3, 0.4) is 0 Å². The highest BCUT2D eigenvalue weighted by Gasteiger charge is 2.20. The number of rotatable bonds is 2. The topological polar surface area (TPSA) is 71.3 Å². The van der Waals surface area contributed by atoms with Crippen LogP contribution in [0.2, 0.25) is 0 Å². The zero-order valence-corrected chi connectivity index (χ0v) is 12.5. The van der Waals surface area contributed by atoms with E-state index >= 15 is 0 Å². The molecule has 1 N–H and O–H groups in total. The summed E-state index contributed by atoms with van der Waals surface area (Å²) in [5, 5.41) is 3.23. The third kappa shape index (κ3) is 2.68. The van der Waals surface area contributed by atoms with Crippen molar-refractivity contribution in [2.75, 3.05) is 26.2 Å². The van der Waals surface area contributed by atoms with E-state index in [1.54, 1.807) is 12.1 Å². The largest absolute Gasteiger partial charge is 0.435 e. The number of nitrogens with zero attached hydrogens (tertiary/aromatic N) is 3. The summed E-state index contributed by atoms with van der Waals surface area (Å²) in [5.41, 5.74) is 2.49. The van der Waals surface area contributed by atoms with E-state index in [9.17, 15) is 4.79 Å². The van der Waals surface area contributed by atoms with Crippen LogP contribution in [0.4, 0.5) is 0 Å². The third-order valence-corrected chi connectivity index (χ3v) is 3.89. The van der Waals surface area contributed by atoms with Crippen molar-refractivity contribution < 1.29 is 9.21 Å². The van der Waals surface area contributed by atoms with Gasteiger partial charge in [0.1, 0.15) is 16.9 Å². The average Bonchev–Trinajstić information content (AvgIpc) is 3.06. The quantitative estimate of drug-likeness (QED) is 0.783. The second-order valence-electron chi connectivity index (χ2n) is 5.44. The smallest absolute Gasteiger partial charge is 0.272 e. The molecular weight excluding hydrogens is 292 g/mol. The standard InChI is InChI=1S/C17H16N4O2/c22-17(21-10-8-18-9-11-21)14-6-3-5-13(19-14)16-20-12-4-1-2-7-15(12)23-16/h1-7,18H,8-11H2. The van der Waals surface area contributed by atoms with Crippen LogP contribution in [0.1, 0.15) is 10.5 Å². The Bertz CT molecular complexity index is 819. The molecule has 0 aliphatic carbocycles. The van der Waals surface area contributed by atoms with E-state index in [0.717, 1.165) is 18.6 Å². The number of aromatic nitrogens is 2. The van der Waals surface area contributed by atoms with Crippen molar-refractivity contribution in [2.45, 2.75) is 0 Å². The molecule has 0 bridgehead atoms. The molecule has 6 nitrogen and oxygen atoms in total. The van der Waals surface area contributed by atoms with Gasteiger partial charge < -0.3 is 14.6 Å². The molecular formula is C17H16N4O2. The maximum absolute atomic E-state index is 12.5. The van der Waals surface area contributed by atoms with E-state index in [2.05, 4.69) is 15.3 Å². The predicted octanol–water partition coefficient (Wildman–Crippen LogP) is 1.94. The number of pyridine rings is 1. The zero-order chi connectivity index (χ0) is 15.6. The molecule has 1 aliphatic rings. The number of carbonyl (C=O) groups excluding carboxylic acids is 1. The highest BCUT2D eigenvalue weighted by Crippen LogP contribution is 2.22. The van der Waals surface area contributed by atoms with Crippen LogP contribution in [0.5, 0.6) is 0 Å². The Morgan fingerprint density at radius 3 is 2.70 bits per heavy atom. The Balaban J connectivity index is 1.66. The molecule has 6 heteroatoms. The fraction of sp³-hybridized carbons (Fsp3) is 0.235. The highest BCUT2D eigenvalue weighted by molar-refractivity contribution is 5.93. The SMILES string of the molecule is O=C(c1cccc(-c2nc3ccccc3o2)n1)N1CCNCC1. The molecule has 0 saturated carbocycles. The molecule has 23 heavy (non-hydrogen) atoms. The van der Waals surface area contributed by atoms with Gasteiger partial charge in [-0.25, -0.2) is 9.97 Å². The van der Waals surface area contributed by atoms with Crippen LogP contribution >= 0.6 is 0 Å². The van der Waals surface area contributed by atoms with Crippen molar-refractivity contribution in [3.63, 3.8) is 0 Å². The van der Waals surface area contributed by atoms with E-state index in [1.165, 1.54) is 0 Å². The average molecular weight is 308 g/mol. The third-order valence-electron chi connectivity index (χ3n) is 3.89. The lowest BCUT2D eigenvalue weighted by molar-refractivity contribution is 0.0730. The zero-order valence-electron chi connectivity index (χ0n) is 12.5. The molecule has 0 radical (unpaired) electrons. The Hall–Kier alpha value is -2.73. The number of hydrogen-bond acceptors (Lipinski definition) is 5. The second-order valence-corrected chi connectivity index (χ2v) is 5.44. The molecule has 1 aliphatic heterocycles. The van der Waals surface area contributed by atoms with Crippen LogP contribution in [0, 0.1) is 0 Å². The number of nitrogens with one attached hydrogen (secondary N) is 1. The van der Waals surface area contributed by atoms with Gasteiger partial charge in [0.15, 0.2) is 5.58 Å². The maximum atomic E-state index is 12.5. The van der Waals surface area contributed by atoms with Crippen molar-refractivity contribution in [3.05, 3.63) is 48.2 Å². The molecule has 0 unspecified atom stereocenters.